The van der Waals surface area contributed by atoms with Gasteiger partial charge in [-0.3, -0.25) is 4.79 Å². The fourth-order valence-electron chi connectivity index (χ4n) is 3.77. The number of nitrogens with zero attached hydrogens (tertiary/aromatic N) is 4. The van der Waals surface area contributed by atoms with E-state index in [0.717, 1.165) is 42.8 Å². The summed E-state index contributed by atoms with van der Waals surface area (Å²) in [6.07, 6.45) is 1.89. The molecule has 0 saturated carbocycles. The highest BCUT2D eigenvalue weighted by Crippen LogP contribution is 2.34. The van der Waals surface area contributed by atoms with Crippen LogP contribution in [0, 0.1) is 0 Å². The minimum Gasteiger partial charge on any atom is -0.497 e. The average Bonchev–Trinajstić information content (AvgIpc) is 3.50. The number of piperidine rings is 1. The molecule has 164 valence electrons. The molecule has 2 aromatic carbocycles. The summed E-state index contributed by atoms with van der Waals surface area (Å²) in [6.45, 7) is 1.50. The van der Waals surface area contributed by atoms with Crippen molar-refractivity contribution in [2.24, 2.45) is 0 Å². The van der Waals surface area contributed by atoms with Crippen molar-refractivity contribution in [3.8, 4) is 17.2 Å². The smallest absolute Gasteiger partial charge is 0.277 e. The highest BCUT2D eigenvalue weighted by molar-refractivity contribution is 7.99. The Morgan fingerprint density at radius 1 is 1.16 bits per heavy atom. The van der Waals surface area contributed by atoms with Crippen molar-refractivity contribution in [2.75, 3.05) is 26.0 Å². The lowest BCUT2D eigenvalue weighted by molar-refractivity contribution is -0.129. The third-order valence-electron chi connectivity index (χ3n) is 5.57. The van der Waals surface area contributed by atoms with Crippen molar-refractivity contribution >= 4 is 39.2 Å². The average molecular weight is 467 g/mol. The predicted octanol–water partition coefficient (Wildman–Crippen LogP) is 4.85. The number of ether oxygens (including phenoxy) is 1. The van der Waals surface area contributed by atoms with Crippen molar-refractivity contribution in [1.29, 1.82) is 0 Å². The van der Waals surface area contributed by atoms with Gasteiger partial charge in [0.2, 0.25) is 11.8 Å². The van der Waals surface area contributed by atoms with Gasteiger partial charge in [0.05, 0.1) is 28.1 Å². The van der Waals surface area contributed by atoms with Crippen LogP contribution in [0.15, 0.2) is 58.2 Å². The van der Waals surface area contributed by atoms with Crippen LogP contribution in [-0.2, 0) is 4.79 Å². The molecule has 1 amide bonds. The van der Waals surface area contributed by atoms with Gasteiger partial charge in [-0.05, 0) is 49.2 Å². The van der Waals surface area contributed by atoms with Crippen LogP contribution in [0.5, 0.6) is 5.75 Å². The van der Waals surface area contributed by atoms with Gasteiger partial charge >= 0.3 is 0 Å². The van der Waals surface area contributed by atoms with Gasteiger partial charge in [-0.1, -0.05) is 23.9 Å². The van der Waals surface area contributed by atoms with E-state index in [-0.39, 0.29) is 11.7 Å². The Morgan fingerprint density at radius 3 is 2.69 bits per heavy atom. The molecule has 9 heteroatoms. The number of para-hydroxylation sites is 1. The number of amides is 1. The van der Waals surface area contributed by atoms with Gasteiger partial charge in [-0.15, -0.1) is 21.5 Å². The van der Waals surface area contributed by atoms with Gasteiger partial charge in [0.25, 0.3) is 5.22 Å². The quantitative estimate of drug-likeness (QED) is 0.376. The predicted molar refractivity (Wildman–Crippen MR) is 125 cm³/mol. The third kappa shape index (κ3) is 4.49. The minimum absolute atomic E-state index is 0.0990. The molecule has 0 spiro atoms. The lowest BCUT2D eigenvalue weighted by Gasteiger charge is -2.31. The van der Waals surface area contributed by atoms with Crippen molar-refractivity contribution in [3.63, 3.8) is 0 Å². The molecule has 1 saturated heterocycles. The van der Waals surface area contributed by atoms with Crippen molar-refractivity contribution in [3.05, 3.63) is 53.5 Å². The molecule has 5 rings (SSSR count). The van der Waals surface area contributed by atoms with E-state index in [0.29, 0.717) is 17.0 Å². The van der Waals surface area contributed by atoms with E-state index in [9.17, 15) is 4.79 Å². The first-order valence-electron chi connectivity index (χ1n) is 10.4. The molecule has 0 radical (unpaired) electrons. The zero-order valence-corrected chi connectivity index (χ0v) is 19.2. The van der Waals surface area contributed by atoms with Crippen LogP contribution in [0.4, 0.5) is 0 Å². The van der Waals surface area contributed by atoms with Crippen LogP contribution in [0.1, 0.15) is 23.8 Å². The standard InChI is InChI=1S/C23H22N4O3S2/c1-29-17-8-6-15(7-9-17)21-25-26-23(30-21)31-14-20(28)27-12-10-16(11-13-27)22-24-18-4-2-3-5-19(18)32-22/h2-9,16H,10-14H2,1H3. The fraction of sp³-hybridized carbons (Fsp3) is 0.304. The second-order valence-electron chi connectivity index (χ2n) is 7.57. The number of carbonyl (C=O) groups excluding carboxylic acids is 1. The zero-order valence-electron chi connectivity index (χ0n) is 17.6. The van der Waals surface area contributed by atoms with E-state index in [2.05, 4.69) is 22.3 Å². The number of fused-ring (bicyclic) bond motifs is 1. The minimum atomic E-state index is 0.0990. The molecule has 0 atom stereocenters. The first kappa shape index (κ1) is 21.0. The van der Waals surface area contributed by atoms with Gasteiger partial charge < -0.3 is 14.1 Å². The highest BCUT2D eigenvalue weighted by Gasteiger charge is 2.26. The van der Waals surface area contributed by atoms with E-state index < -0.39 is 0 Å². The lowest BCUT2D eigenvalue weighted by atomic mass is 9.97. The normalized spacial score (nSPS) is 14.7. The molecule has 0 aliphatic carbocycles. The number of benzene rings is 2. The Hall–Kier alpha value is -2.91. The topological polar surface area (TPSA) is 81.4 Å². The van der Waals surface area contributed by atoms with Crippen LogP contribution < -0.4 is 4.74 Å². The van der Waals surface area contributed by atoms with E-state index in [1.54, 1.807) is 18.4 Å². The molecule has 0 unspecified atom stereocenters. The lowest BCUT2D eigenvalue weighted by Crippen LogP contribution is -2.38. The summed E-state index contributed by atoms with van der Waals surface area (Å²) in [4.78, 5) is 19.4. The summed E-state index contributed by atoms with van der Waals surface area (Å²) in [6, 6.07) is 15.7. The Balaban J connectivity index is 1.13. The summed E-state index contributed by atoms with van der Waals surface area (Å²) in [7, 11) is 1.62. The second kappa shape index (κ2) is 9.30. The third-order valence-corrected chi connectivity index (χ3v) is 7.57. The Morgan fingerprint density at radius 2 is 1.94 bits per heavy atom. The molecule has 3 heterocycles. The number of aromatic nitrogens is 3. The molecular weight excluding hydrogens is 444 g/mol. The molecular formula is C23H22N4O3S2. The van der Waals surface area contributed by atoms with Crippen LogP contribution in [0.3, 0.4) is 0 Å². The summed E-state index contributed by atoms with van der Waals surface area (Å²) < 4.78 is 12.1. The summed E-state index contributed by atoms with van der Waals surface area (Å²) in [5, 5.41) is 9.73. The zero-order chi connectivity index (χ0) is 21.9. The molecule has 0 bridgehead atoms. The van der Waals surface area contributed by atoms with Gasteiger partial charge in [0, 0.05) is 24.6 Å². The first-order valence-corrected chi connectivity index (χ1v) is 12.2. The largest absolute Gasteiger partial charge is 0.497 e. The Labute approximate surface area is 193 Å². The molecule has 4 aromatic rings. The Bertz CT molecular complexity index is 1180. The van der Waals surface area contributed by atoms with Gasteiger partial charge in [0.1, 0.15) is 5.75 Å². The number of hydrogen-bond acceptors (Lipinski definition) is 8. The van der Waals surface area contributed by atoms with Crippen LogP contribution in [0.2, 0.25) is 0 Å². The molecule has 1 aliphatic rings. The Kier molecular flexibility index (Phi) is 6.09. The number of methoxy groups -OCH3 is 1. The number of thiazole rings is 1. The van der Waals surface area contributed by atoms with E-state index in [1.807, 2.05) is 41.3 Å². The number of likely N-dealkylation sites (tertiary alicyclic amines) is 1. The molecule has 7 nitrogen and oxygen atoms in total. The molecule has 1 fully saturated rings. The number of thioether (sulfide) groups is 1. The van der Waals surface area contributed by atoms with Gasteiger partial charge in [-0.2, -0.15) is 0 Å². The monoisotopic (exact) mass is 466 g/mol. The van der Waals surface area contributed by atoms with Gasteiger partial charge in [0.15, 0.2) is 0 Å². The number of hydrogen-bond donors (Lipinski definition) is 0. The van der Waals surface area contributed by atoms with Crippen LogP contribution >= 0.6 is 23.1 Å². The highest BCUT2D eigenvalue weighted by atomic mass is 32.2. The SMILES string of the molecule is COc1ccc(-c2nnc(SCC(=O)N3CCC(c4nc5ccccc5s4)CC3)o2)cc1. The maximum absolute atomic E-state index is 12.7. The van der Waals surface area contributed by atoms with Crippen molar-refractivity contribution in [1.82, 2.24) is 20.1 Å². The molecule has 1 aliphatic heterocycles. The molecule has 32 heavy (non-hydrogen) atoms. The van der Waals surface area contributed by atoms with Crippen molar-refractivity contribution in [2.45, 2.75) is 24.0 Å². The molecule has 0 N–H and O–H groups in total. The number of rotatable bonds is 6. The fourth-order valence-corrected chi connectivity index (χ4v) is 5.58. The van der Waals surface area contributed by atoms with E-state index in [4.69, 9.17) is 14.1 Å². The van der Waals surface area contributed by atoms with Crippen molar-refractivity contribution < 1.29 is 13.9 Å². The van der Waals surface area contributed by atoms with E-state index >= 15 is 0 Å². The summed E-state index contributed by atoms with van der Waals surface area (Å²) in [5.41, 5.74) is 1.88. The maximum atomic E-state index is 12.7. The maximum Gasteiger partial charge on any atom is 0.277 e. The van der Waals surface area contributed by atoms with Gasteiger partial charge in [-0.25, -0.2) is 4.98 Å². The van der Waals surface area contributed by atoms with Crippen LogP contribution in [-0.4, -0.2) is 51.9 Å². The van der Waals surface area contributed by atoms with Crippen LogP contribution in [0.25, 0.3) is 21.7 Å². The summed E-state index contributed by atoms with van der Waals surface area (Å²) in [5.74, 6) is 2.00. The second-order valence-corrected chi connectivity index (χ2v) is 9.55. The number of carbonyl (C=O) groups is 1. The van der Waals surface area contributed by atoms with E-state index in [1.165, 1.54) is 21.5 Å². The first-order chi connectivity index (χ1) is 15.7. The summed E-state index contributed by atoms with van der Waals surface area (Å²) >= 11 is 3.05. The molecule has 2 aromatic heterocycles.